The molecule has 0 unspecified atom stereocenters. The number of carbonyl (C=O) groups excluding carboxylic acids is 4. The molecule has 16 nitrogen and oxygen atoms in total. The smallest absolute Gasteiger partial charge is 0.409 e. The van der Waals surface area contributed by atoms with Crippen LogP contribution in [-0.4, -0.2) is 103 Å². The van der Waals surface area contributed by atoms with Gasteiger partial charge in [-0.05, 0) is 82.2 Å². The summed E-state index contributed by atoms with van der Waals surface area (Å²) < 4.78 is 47.1. The summed E-state index contributed by atoms with van der Waals surface area (Å²) in [6.45, 7) is 26.8. The minimum Gasteiger partial charge on any atom is -0.493 e. The van der Waals surface area contributed by atoms with Crippen LogP contribution < -0.4 is 39.9 Å². The molecule has 0 aromatic heterocycles. The van der Waals surface area contributed by atoms with Gasteiger partial charge < -0.3 is 58.5 Å². The molecule has 4 rings (SSSR count). The number of carbonyl (C=O) groups is 4. The lowest BCUT2D eigenvalue weighted by Crippen LogP contribution is -2.45. The van der Waals surface area contributed by atoms with Crippen molar-refractivity contribution in [3.8, 4) is 34.5 Å². The molecule has 360 valence electrons. The van der Waals surface area contributed by atoms with Crippen LogP contribution >= 0.6 is 0 Å². The molecule has 2 aliphatic rings. The van der Waals surface area contributed by atoms with E-state index in [0.29, 0.717) is 45.3 Å². The normalized spacial score (nSPS) is 16.8. The van der Waals surface area contributed by atoms with Crippen LogP contribution in [0.4, 0.5) is 9.59 Å². The molecular formula is C47H72N4O12Si2. The Morgan fingerprint density at radius 1 is 0.585 bits per heavy atom. The average Bonchev–Trinajstić information content (AvgIpc) is 3.78. The van der Waals surface area contributed by atoms with Gasteiger partial charge in [0.2, 0.25) is 0 Å². The van der Waals surface area contributed by atoms with E-state index in [-0.39, 0.29) is 81.0 Å². The van der Waals surface area contributed by atoms with Crippen LogP contribution in [0.3, 0.4) is 0 Å². The number of hydrogen-bond acceptors (Lipinski definition) is 12. The fourth-order valence-electron chi connectivity index (χ4n) is 6.87. The van der Waals surface area contributed by atoms with E-state index >= 15 is 0 Å². The lowest BCUT2D eigenvalue weighted by Gasteiger charge is -2.38. The van der Waals surface area contributed by atoms with Crippen LogP contribution in [0, 0.1) is 0 Å². The van der Waals surface area contributed by atoms with Crippen molar-refractivity contribution in [3.05, 3.63) is 58.9 Å². The van der Waals surface area contributed by atoms with Crippen LogP contribution in [0.5, 0.6) is 34.5 Å². The van der Waals surface area contributed by atoms with E-state index in [1.54, 1.807) is 22.2 Å². The van der Waals surface area contributed by atoms with E-state index in [1.807, 2.05) is 13.8 Å². The highest BCUT2D eigenvalue weighted by atomic mass is 28.4. The Labute approximate surface area is 387 Å². The predicted octanol–water partition coefficient (Wildman–Crippen LogP) is 9.53. The zero-order valence-corrected chi connectivity index (χ0v) is 42.9. The van der Waals surface area contributed by atoms with Gasteiger partial charge in [0.15, 0.2) is 39.6 Å². The number of rotatable bonds is 20. The fraction of sp³-hybridized carbons (Fsp3) is 0.574. The van der Waals surface area contributed by atoms with Gasteiger partial charge in [-0.15, -0.1) is 0 Å². The summed E-state index contributed by atoms with van der Waals surface area (Å²) in [6.07, 6.45) is 4.59. The number of benzene rings is 2. The van der Waals surface area contributed by atoms with Gasteiger partial charge in [0.25, 0.3) is 11.8 Å². The molecular weight excluding hydrogens is 869 g/mol. The number of nitrogens with two attached hydrogens (primary N) is 2. The zero-order valence-electron chi connectivity index (χ0n) is 40.9. The molecule has 0 fully saturated rings. The second-order valence-electron chi connectivity index (χ2n) is 19.8. The van der Waals surface area contributed by atoms with E-state index in [2.05, 4.69) is 67.7 Å². The van der Waals surface area contributed by atoms with Gasteiger partial charge in [0, 0.05) is 36.7 Å². The minimum atomic E-state index is -2.10. The van der Waals surface area contributed by atoms with Crippen molar-refractivity contribution < 1.29 is 56.5 Å². The van der Waals surface area contributed by atoms with Gasteiger partial charge in [-0.25, -0.2) is 9.59 Å². The van der Waals surface area contributed by atoms with Gasteiger partial charge in [0.05, 0.1) is 63.9 Å². The summed E-state index contributed by atoms with van der Waals surface area (Å²) >= 11 is 0. The number of nitrogens with zero attached hydrogens (tertiary/aromatic N) is 2. The van der Waals surface area contributed by atoms with E-state index in [9.17, 15) is 19.2 Å². The topological polar surface area (TPSA) is 201 Å². The lowest BCUT2D eigenvalue weighted by molar-refractivity contribution is 0.0727. The monoisotopic (exact) mass is 940 g/mol. The number of methoxy groups -OCH3 is 2. The number of ether oxygens (including phenoxy) is 6. The van der Waals surface area contributed by atoms with Gasteiger partial charge in [-0.3, -0.25) is 9.59 Å². The predicted molar refractivity (Wildman–Crippen MR) is 254 cm³/mol. The standard InChI is InChI=1S/C47H72N4O12Si2/c1-30-20-32(28-60-64(11,12)46(3,4)5)50(26-30)42(52)34-22-38(56-9)40(24-36(34)62-44(48)54)58-18-16-15-17-19-59-41-25-37(63-45(49)55)35(23-39(41)57-10)43(53)51-27-31(2)21-33(51)29-61-65(13,14)47(6,7)8/h22-27,32-33H,15-21,28-29H2,1-14H3,(H2,48,54)(H2,49,55)/t32-,33-/m0/s1. The molecule has 0 radical (unpaired) electrons. The Kier molecular flexibility index (Phi) is 17.4. The summed E-state index contributed by atoms with van der Waals surface area (Å²) in [5.74, 6) is 0.166. The summed E-state index contributed by atoms with van der Waals surface area (Å²) in [5.41, 5.74) is 13.1. The second kappa shape index (κ2) is 21.5. The quantitative estimate of drug-likeness (QED) is 0.0942. The molecule has 65 heavy (non-hydrogen) atoms. The van der Waals surface area contributed by atoms with Crippen LogP contribution in [0.25, 0.3) is 0 Å². The fourth-order valence-corrected chi connectivity index (χ4v) is 8.96. The van der Waals surface area contributed by atoms with Crippen molar-refractivity contribution in [1.29, 1.82) is 0 Å². The highest BCUT2D eigenvalue weighted by Gasteiger charge is 2.41. The zero-order chi connectivity index (χ0) is 48.7. The Balaban J connectivity index is 1.40. The molecule has 2 atom stereocenters. The third-order valence-electron chi connectivity index (χ3n) is 12.7. The van der Waals surface area contributed by atoms with Crippen LogP contribution in [0.1, 0.15) is 108 Å². The molecule has 0 spiro atoms. The highest BCUT2D eigenvalue weighted by Crippen LogP contribution is 2.41. The first-order chi connectivity index (χ1) is 30.2. The van der Waals surface area contributed by atoms with E-state index in [1.165, 1.54) is 38.5 Å². The molecule has 18 heteroatoms. The highest BCUT2D eigenvalue weighted by molar-refractivity contribution is 6.74. The Morgan fingerprint density at radius 2 is 0.938 bits per heavy atom. The molecule has 2 heterocycles. The molecule has 4 N–H and O–H groups in total. The minimum absolute atomic E-state index is 0.000839. The van der Waals surface area contributed by atoms with E-state index in [0.717, 1.165) is 11.1 Å². The van der Waals surface area contributed by atoms with E-state index < -0.39 is 40.6 Å². The SMILES string of the molecule is COc1cc(C(=O)N2C=C(C)C[C@H]2CO[Si](C)(C)C(C)(C)C)c(OC(N)=O)cc1OCCCCCOc1cc(OC(N)=O)c(C(=O)N2C=C(C)C[C@H]2CO[Si](C)(C)C(C)(C)C)cc1OC. The maximum Gasteiger partial charge on any atom is 0.409 e. The first-order valence-corrected chi connectivity index (χ1v) is 27.9. The van der Waals surface area contributed by atoms with Gasteiger partial charge >= 0.3 is 12.2 Å². The summed E-state index contributed by atoms with van der Waals surface area (Å²) in [5, 5.41) is -0.00168. The maximum absolute atomic E-state index is 14.1. The number of unbranched alkanes of at least 4 members (excludes halogenated alkanes) is 2. The summed E-state index contributed by atoms with van der Waals surface area (Å²) in [7, 11) is -1.27. The first-order valence-electron chi connectivity index (χ1n) is 22.1. The summed E-state index contributed by atoms with van der Waals surface area (Å²) in [6, 6.07) is 5.37. The van der Waals surface area contributed by atoms with Crippen molar-refractivity contribution in [2.75, 3.05) is 40.6 Å². The first kappa shape index (κ1) is 52.6. The molecule has 0 bridgehead atoms. The van der Waals surface area contributed by atoms with Crippen molar-refractivity contribution in [3.63, 3.8) is 0 Å². The Morgan fingerprint density at radius 3 is 1.25 bits per heavy atom. The number of amides is 4. The largest absolute Gasteiger partial charge is 0.493 e. The van der Waals surface area contributed by atoms with Crippen molar-refractivity contribution >= 4 is 40.6 Å². The number of primary amides is 2. The molecule has 2 aromatic carbocycles. The molecule has 0 saturated carbocycles. The van der Waals surface area contributed by atoms with Crippen LogP contribution in [-0.2, 0) is 8.85 Å². The van der Waals surface area contributed by atoms with Gasteiger partial charge in [-0.2, -0.15) is 0 Å². The number of hydrogen-bond donors (Lipinski definition) is 2. The van der Waals surface area contributed by atoms with Crippen molar-refractivity contribution in [2.45, 2.75) is 136 Å². The average molecular weight is 941 g/mol. The lowest BCUT2D eigenvalue weighted by atomic mass is 10.1. The Bertz CT molecular complexity index is 1980. The molecule has 2 aliphatic heterocycles. The molecule has 0 saturated heterocycles. The third kappa shape index (κ3) is 13.5. The third-order valence-corrected chi connectivity index (χ3v) is 21.7. The van der Waals surface area contributed by atoms with Crippen molar-refractivity contribution in [2.24, 2.45) is 11.5 Å². The van der Waals surface area contributed by atoms with Crippen LogP contribution in [0.2, 0.25) is 36.3 Å². The van der Waals surface area contributed by atoms with Gasteiger partial charge in [-0.1, -0.05) is 52.7 Å². The molecule has 2 aromatic rings. The molecule has 4 amide bonds. The summed E-state index contributed by atoms with van der Waals surface area (Å²) in [4.78, 5) is 55.5. The van der Waals surface area contributed by atoms with Crippen LogP contribution in [0.15, 0.2) is 47.8 Å². The maximum atomic E-state index is 14.1. The van der Waals surface area contributed by atoms with Crippen molar-refractivity contribution in [1.82, 2.24) is 9.80 Å². The van der Waals surface area contributed by atoms with E-state index in [4.69, 9.17) is 48.7 Å². The Hall–Kier alpha value is -5.05. The second-order valence-corrected chi connectivity index (χ2v) is 29.5. The van der Waals surface area contributed by atoms with Gasteiger partial charge in [0.1, 0.15) is 11.5 Å². The molecule has 0 aliphatic carbocycles.